The SMILES string of the molecule is CCC(C)CCCCCCCCCCCCCCCCCCCCCCO. The Morgan fingerprint density at radius 1 is 0.444 bits per heavy atom. The van der Waals surface area contributed by atoms with Crippen molar-refractivity contribution >= 4 is 0 Å². The van der Waals surface area contributed by atoms with Crippen LogP contribution in [0.3, 0.4) is 0 Å². The van der Waals surface area contributed by atoms with Gasteiger partial charge in [0.1, 0.15) is 0 Å². The van der Waals surface area contributed by atoms with Crippen LogP contribution in [0.1, 0.15) is 155 Å². The van der Waals surface area contributed by atoms with Gasteiger partial charge in [0, 0.05) is 6.61 Å². The predicted octanol–water partition coefficient (Wildman–Crippen LogP) is 9.22. The van der Waals surface area contributed by atoms with Crippen molar-refractivity contribution in [1.29, 1.82) is 0 Å². The van der Waals surface area contributed by atoms with E-state index in [1.807, 2.05) is 0 Å². The zero-order valence-electron chi connectivity index (χ0n) is 19.3. The predicted molar refractivity (Wildman–Crippen MR) is 123 cm³/mol. The molecule has 1 N–H and O–H groups in total. The van der Waals surface area contributed by atoms with Gasteiger partial charge in [-0.25, -0.2) is 0 Å². The van der Waals surface area contributed by atoms with Crippen LogP contribution in [-0.4, -0.2) is 11.7 Å². The lowest BCUT2D eigenvalue weighted by molar-refractivity contribution is 0.282. The summed E-state index contributed by atoms with van der Waals surface area (Å²) in [4.78, 5) is 0. The maximum Gasteiger partial charge on any atom is 0.0431 e. The Balaban J connectivity index is 2.99. The number of aliphatic hydroxyl groups is 1. The van der Waals surface area contributed by atoms with E-state index in [0.717, 1.165) is 12.3 Å². The molecule has 0 heterocycles. The molecule has 0 bridgehead atoms. The molecule has 0 aromatic rings. The molecule has 164 valence electrons. The zero-order valence-corrected chi connectivity index (χ0v) is 19.3. The molecule has 1 unspecified atom stereocenters. The van der Waals surface area contributed by atoms with E-state index in [2.05, 4.69) is 13.8 Å². The number of hydrogen-bond donors (Lipinski definition) is 1. The Morgan fingerprint density at radius 3 is 0.963 bits per heavy atom. The third-order valence-corrected chi connectivity index (χ3v) is 6.30. The monoisotopic (exact) mass is 382 g/mol. The van der Waals surface area contributed by atoms with E-state index in [-0.39, 0.29) is 0 Å². The molecule has 1 atom stereocenters. The summed E-state index contributed by atoms with van der Waals surface area (Å²) in [5.41, 5.74) is 0. The number of unbranched alkanes of at least 4 members (excludes halogenated alkanes) is 19. The van der Waals surface area contributed by atoms with Crippen LogP contribution in [0, 0.1) is 5.92 Å². The minimum Gasteiger partial charge on any atom is -0.396 e. The van der Waals surface area contributed by atoms with Crippen molar-refractivity contribution in [2.24, 2.45) is 5.92 Å². The number of aliphatic hydroxyl groups excluding tert-OH is 1. The normalized spacial score (nSPS) is 12.6. The molecule has 0 rings (SSSR count). The number of hydrogen-bond acceptors (Lipinski definition) is 1. The Labute approximate surface area is 173 Å². The van der Waals surface area contributed by atoms with Crippen molar-refractivity contribution < 1.29 is 5.11 Å². The van der Waals surface area contributed by atoms with Gasteiger partial charge in [-0.3, -0.25) is 0 Å². The van der Waals surface area contributed by atoms with Crippen LogP contribution < -0.4 is 0 Å². The summed E-state index contributed by atoms with van der Waals surface area (Å²) < 4.78 is 0. The van der Waals surface area contributed by atoms with E-state index in [1.165, 1.54) is 135 Å². The van der Waals surface area contributed by atoms with E-state index in [9.17, 15) is 0 Å². The molecular formula is C26H54O. The van der Waals surface area contributed by atoms with E-state index in [4.69, 9.17) is 5.11 Å². The van der Waals surface area contributed by atoms with E-state index >= 15 is 0 Å². The standard InChI is InChI=1S/C26H54O/c1-3-26(2)24-22-20-18-16-14-12-10-8-6-4-5-7-9-11-13-15-17-19-21-23-25-27/h26-27H,3-25H2,1-2H3. The fraction of sp³-hybridized carbons (Fsp3) is 1.00. The van der Waals surface area contributed by atoms with Crippen LogP contribution in [0.2, 0.25) is 0 Å². The first kappa shape index (κ1) is 27.0. The van der Waals surface area contributed by atoms with Gasteiger partial charge in [0.25, 0.3) is 0 Å². The van der Waals surface area contributed by atoms with Crippen LogP contribution in [0.4, 0.5) is 0 Å². The summed E-state index contributed by atoms with van der Waals surface area (Å²) in [5, 5.41) is 8.74. The topological polar surface area (TPSA) is 20.2 Å². The largest absolute Gasteiger partial charge is 0.396 e. The first-order valence-electron chi connectivity index (χ1n) is 12.9. The molecule has 0 saturated carbocycles. The van der Waals surface area contributed by atoms with Crippen molar-refractivity contribution in [2.45, 2.75) is 155 Å². The Kier molecular flexibility index (Phi) is 24.0. The van der Waals surface area contributed by atoms with E-state index in [0.29, 0.717) is 6.61 Å². The van der Waals surface area contributed by atoms with Crippen LogP contribution >= 0.6 is 0 Å². The third kappa shape index (κ3) is 23.9. The van der Waals surface area contributed by atoms with Gasteiger partial charge >= 0.3 is 0 Å². The van der Waals surface area contributed by atoms with Gasteiger partial charge in [0.2, 0.25) is 0 Å². The minimum atomic E-state index is 0.374. The highest BCUT2D eigenvalue weighted by Crippen LogP contribution is 2.16. The van der Waals surface area contributed by atoms with Gasteiger partial charge in [-0.05, 0) is 12.3 Å². The molecule has 0 aromatic carbocycles. The molecule has 1 heteroatoms. The van der Waals surface area contributed by atoms with Gasteiger partial charge < -0.3 is 5.11 Å². The molecule has 0 fully saturated rings. The van der Waals surface area contributed by atoms with Crippen molar-refractivity contribution in [1.82, 2.24) is 0 Å². The van der Waals surface area contributed by atoms with Gasteiger partial charge in [0.05, 0.1) is 0 Å². The third-order valence-electron chi connectivity index (χ3n) is 6.30. The Morgan fingerprint density at radius 2 is 0.704 bits per heavy atom. The molecule has 27 heavy (non-hydrogen) atoms. The van der Waals surface area contributed by atoms with Crippen LogP contribution in [0.5, 0.6) is 0 Å². The summed E-state index contributed by atoms with van der Waals surface area (Å²) in [6.45, 7) is 5.08. The second-order valence-electron chi connectivity index (χ2n) is 9.10. The highest BCUT2D eigenvalue weighted by Gasteiger charge is 1.98. The summed E-state index contributed by atoms with van der Waals surface area (Å²) in [5.74, 6) is 0.942. The van der Waals surface area contributed by atoms with Crippen molar-refractivity contribution in [3.63, 3.8) is 0 Å². The second-order valence-corrected chi connectivity index (χ2v) is 9.10. The first-order valence-corrected chi connectivity index (χ1v) is 12.9. The maximum absolute atomic E-state index is 8.74. The smallest absolute Gasteiger partial charge is 0.0431 e. The quantitative estimate of drug-likeness (QED) is 0.175. The van der Waals surface area contributed by atoms with Crippen LogP contribution in [0.15, 0.2) is 0 Å². The number of rotatable bonds is 23. The van der Waals surface area contributed by atoms with Gasteiger partial charge in [-0.1, -0.05) is 149 Å². The summed E-state index contributed by atoms with van der Waals surface area (Å²) >= 11 is 0. The highest BCUT2D eigenvalue weighted by molar-refractivity contribution is 4.53. The molecule has 0 spiro atoms. The average molecular weight is 383 g/mol. The van der Waals surface area contributed by atoms with E-state index < -0.39 is 0 Å². The minimum absolute atomic E-state index is 0.374. The molecule has 0 amide bonds. The fourth-order valence-corrected chi connectivity index (χ4v) is 3.99. The molecule has 0 radical (unpaired) electrons. The van der Waals surface area contributed by atoms with E-state index in [1.54, 1.807) is 0 Å². The lowest BCUT2D eigenvalue weighted by Gasteiger charge is -2.07. The Hall–Kier alpha value is -0.0400. The molecule has 0 aromatic heterocycles. The molecule has 0 aliphatic heterocycles. The van der Waals surface area contributed by atoms with Gasteiger partial charge in [-0.2, -0.15) is 0 Å². The maximum atomic E-state index is 8.74. The molecule has 0 aliphatic carbocycles. The van der Waals surface area contributed by atoms with Crippen molar-refractivity contribution in [2.75, 3.05) is 6.61 Å². The molecule has 0 aliphatic rings. The summed E-state index contributed by atoms with van der Waals surface area (Å²) in [6.07, 6.45) is 31.1. The van der Waals surface area contributed by atoms with Crippen LogP contribution in [-0.2, 0) is 0 Å². The zero-order chi connectivity index (χ0) is 19.8. The van der Waals surface area contributed by atoms with Crippen molar-refractivity contribution in [3.05, 3.63) is 0 Å². The van der Waals surface area contributed by atoms with Crippen LogP contribution in [0.25, 0.3) is 0 Å². The van der Waals surface area contributed by atoms with Crippen molar-refractivity contribution in [3.8, 4) is 0 Å². The fourth-order valence-electron chi connectivity index (χ4n) is 3.99. The highest BCUT2D eigenvalue weighted by atomic mass is 16.2. The summed E-state index contributed by atoms with van der Waals surface area (Å²) in [6, 6.07) is 0. The lowest BCUT2D eigenvalue weighted by atomic mass is 9.99. The molecular weight excluding hydrogens is 328 g/mol. The average Bonchev–Trinajstić information content (AvgIpc) is 2.68. The second kappa shape index (κ2) is 24.0. The van der Waals surface area contributed by atoms with Gasteiger partial charge in [0.15, 0.2) is 0 Å². The first-order chi connectivity index (χ1) is 13.3. The molecule has 1 nitrogen and oxygen atoms in total. The molecule has 0 saturated heterocycles. The summed E-state index contributed by atoms with van der Waals surface area (Å²) in [7, 11) is 0. The Bertz CT molecular complexity index is 251. The lowest BCUT2D eigenvalue weighted by Crippen LogP contribution is -1.91. The van der Waals surface area contributed by atoms with Gasteiger partial charge in [-0.15, -0.1) is 0 Å².